The van der Waals surface area contributed by atoms with Gasteiger partial charge in [0.25, 0.3) is 0 Å². The summed E-state index contributed by atoms with van der Waals surface area (Å²) in [5.41, 5.74) is 2.81. The van der Waals surface area contributed by atoms with Gasteiger partial charge in [0, 0.05) is 18.6 Å². The highest BCUT2D eigenvalue weighted by atomic mass is 15.2. The van der Waals surface area contributed by atoms with Crippen LogP contribution in [0.1, 0.15) is 30.5 Å². The first-order valence-corrected chi connectivity index (χ1v) is 6.17. The Kier molecular flexibility index (Phi) is 3.62. The molecule has 0 bridgehead atoms. The molecule has 1 aliphatic heterocycles. The number of likely N-dealkylation sites (tertiary alicyclic amines) is 1. The quantitative estimate of drug-likeness (QED) is 0.838. The highest BCUT2D eigenvalue weighted by molar-refractivity contribution is 5.28. The minimum Gasteiger partial charge on any atom is -0.306 e. The molecule has 0 spiro atoms. The highest BCUT2D eigenvalue weighted by Crippen LogP contribution is 2.19. The smallest absolute Gasteiger partial charge is 0.0297 e. The minimum absolute atomic E-state index is 0.456. The summed E-state index contributed by atoms with van der Waals surface area (Å²) < 4.78 is 0. The van der Waals surface area contributed by atoms with Gasteiger partial charge >= 0.3 is 0 Å². The van der Waals surface area contributed by atoms with E-state index >= 15 is 0 Å². The molecule has 16 heavy (non-hydrogen) atoms. The van der Waals surface area contributed by atoms with Gasteiger partial charge < -0.3 is 10.2 Å². The molecule has 1 fully saturated rings. The van der Waals surface area contributed by atoms with E-state index in [1.807, 2.05) is 0 Å². The topological polar surface area (TPSA) is 15.3 Å². The third-order valence-electron chi connectivity index (χ3n) is 3.53. The maximum absolute atomic E-state index is 3.72. The van der Waals surface area contributed by atoms with E-state index in [-0.39, 0.29) is 0 Å². The van der Waals surface area contributed by atoms with Crippen molar-refractivity contribution in [2.45, 2.75) is 32.4 Å². The Labute approximate surface area is 98.7 Å². The van der Waals surface area contributed by atoms with Crippen molar-refractivity contribution in [2.24, 2.45) is 0 Å². The molecular weight excluding hydrogens is 196 g/mol. The molecule has 1 unspecified atom stereocenters. The Hall–Kier alpha value is -0.860. The second-order valence-corrected chi connectivity index (χ2v) is 4.99. The molecule has 1 aromatic carbocycles. The summed E-state index contributed by atoms with van der Waals surface area (Å²) in [6.07, 6.45) is 1.27. The van der Waals surface area contributed by atoms with Crippen LogP contribution >= 0.6 is 0 Å². The summed E-state index contributed by atoms with van der Waals surface area (Å²) in [5.74, 6) is 0. The number of aryl methyl sites for hydroxylation is 1. The first-order chi connectivity index (χ1) is 7.66. The van der Waals surface area contributed by atoms with Crippen LogP contribution in [0.3, 0.4) is 0 Å². The Balaban J connectivity index is 1.98. The van der Waals surface area contributed by atoms with Crippen LogP contribution < -0.4 is 5.32 Å². The van der Waals surface area contributed by atoms with Crippen molar-refractivity contribution in [1.29, 1.82) is 0 Å². The van der Waals surface area contributed by atoms with E-state index in [1.54, 1.807) is 0 Å². The van der Waals surface area contributed by atoms with E-state index in [2.05, 4.69) is 55.4 Å². The number of likely N-dealkylation sites (N-methyl/N-ethyl adjacent to an activating group) is 1. The molecule has 1 aliphatic rings. The lowest BCUT2D eigenvalue weighted by molar-refractivity contribution is 0.387. The Morgan fingerprint density at radius 2 is 2.12 bits per heavy atom. The molecule has 0 amide bonds. The maximum atomic E-state index is 3.72. The zero-order valence-electron chi connectivity index (χ0n) is 10.5. The molecule has 88 valence electrons. The van der Waals surface area contributed by atoms with E-state index in [1.165, 1.54) is 30.6 Å². The number of nitrogens with zero attached hydrogens (tertiary/aromatic N) is 1. The molecule has 2 atom stereocenters. The van der Waals surface area contributed by atoms with Crippen molar-refractivity contribution < 1.29 is 0 Å². The average molecular weight is 218 g/mol. The molecule has 1 N–H and O–H groups in total. The van der Waals surface area contributed by atoms with Gasteiger partial charge in [-0.15, -0.1) is 0 Å². The number of hydrogen-bond donors (Lipinski definition) is 1. The normalized spacial score (nSPS) is 23.6. The number of rotatable bonds is 3. The third kappa shape index (κ3) is 2.63. The summed E-state index contributed by atoms with van der Waals surface area (Å²) in [4.78, 5) is 2.39. The van der Waals surface area contributed by atoms with Gasteiger partial charge in [-0.3, -0.25) is 0 Å². The van der Waals surface area contributed by atoms with Gasteiger partial charge in [-0.2, -0.15) is 0 Å². The predicted octanol–water partition coefficient (Wildman–Crippen LogP) is 2.35. The first-order valence-electron chi connectivity index (χ1n) is 6.17. The van der Waals surface area contributed by atoms with Crippen LogP contribution in [0, 0.1) is 6.92 Å². The lowest BCUT2D eigenvalue weighted by Crippen LogP contribution is -2.33. The van der Waals surface area contributed by atoms with Gasteiger partial charge in [-0.05, 0) is 45.0 Å². The molecule has 0 aliphatic carbocycles. The maximum Gasteiger partial charge on any atom is 0.0297 e. The number of nitrogens with one attached hydrogen (secondary N) is 1. The first kappa shape index (κ1) is 11.6. The van der Waals surface area contributed by atoms with Crippen LogP contribution in [-0.4, -0.2) is 31.1 Å². The minimum atomic E-state index is 0.456. The predicted molar refractivity (Wildman–Crippen MR) is 68.6 cm³/mol. The van der Waals surface area contributed by atoms with E-state index in [9.17, 15) is 0 Å². The van der Waals surface area contributed by atoms with Gasteiger partial charge in [-0.1, -0.05) is 24.3 Å². The number of benzene rings is 1. The number of hydrogen-bond acceptors (Lipinski definition) is 2. The van der Waals surface area contributed by atoms with Gasteiger partial charge in [0.15, 0.2) is 0 Å². The monoisotopic (exact) mass is 218 g/mol. The molecule has 0 aromatic heterocycles. The fourth-order valence-corrected chi connectivity index (χ4v) is 2.59. The van der Waals surface area contributed by atoms with Crippen molar-refractivity contribution in [1.82, 2.24) is 10.2 Å². The fraction of sp³-hybridized carbons (Fsp3) is 0.571. The molecule has 2 nitrogen and oxygen atoms in total. The van der Waals surface area contributed by atoms with Gasteiger partial charge in [0.2, 0.25) is 0 Å². The Bertz CT molecular complexity index is 348. The fourth-order valence-electron chi connectivity index (χ4n) is 2.59. The van der Waals surface area contributed by atoms with Gasteiger partial charge in [0.1, 0.15) is 0 Å². The Morgan fingerprint density at radius 1 is 1.38 bits per heavy atom. The summed E-state index contributed by atoms with van der Waals surface area (Å²) in [5, 5.41) is 3.72. The summed E-state index contributed by atoms with van der Waals surface area (Å²) in [6.45, 7) is 6.85. The molecule has 2 heteroatoms. The van der Waals surface area contributed by atoms with Crippen LogP contribution in [0.2, 0.25) is 0 Å². The lowest BCUT2D eigenvalue weighted by atomic mass is 10.0. The zero-order valence-corrected chi connectivity index (χ0v) is 10.5. The second kappa shape index (κ2) is 4.98. The van der Waals surface area contributed by atoms with Crippen LogP contribution in [0.25, 0.3) is 0 Å². The van der Waals surface area contributed by atoms with E-state index in [0.717, 1.165) is 0 Å². The van der Waals surface area contributed by atoms with Crippen LogP contribution in [0.15, 0.2) is 24.3 Å². The van der Waals surface area contributed by atoms with Crippen LogP contribution in [-0.2, 0) is 0 Å². The lowest BCUT2D eigenvalue weighted by Gasteiger charge is -2.21. The van der Waals surface area contributed by atoms with Crippen molar-refractivity contribution in [3.63, 3.8) is 0 Å². The van der Waals surface area contributed by atoms with Gasteiger partial charge in [0.05, 0.1) is 0 Å². The Morgan fingerprint density at radius 3 is 2.75 bits per heavy atom. The SMILES string of the molecule is Cc1ccccc1[C@@H](C)NC1CCN(C)C1. The van der Waals surface area contributed by atoms with E-state index in [0.29, 0.717) is 12.1 Å². The van der Waals surface area contributed by atoms with Crippen molar-refractivity contribution in [3.05, 3.63) is 35.4 Å². The summed E-state index contributed by atoms with van der Waals surface area (Å²) in [6, 6.07) is 9.76. The largest absolute Gasteiger partial charge is 0.306 e. The van der Waals surface area contributed by atoms with Gasteiger partial charge in [-0.25, -0.2) is 0 Å². The summed E-state index contributed by atoms with van der Waals surface area (Å²) in [7, 11) is 2.19. The van der Waals surface area contributed by atoms with Crippen LogP contribution in [0.4, 0.5) is 0 Å². The molecule has 1 heterocycles. The second-order valence-electron chi connectivity index (χ2n) is 4.99. The molecule has 1 aromatic rings. The summed E-state index contributed by atoms with van der Waals surface area (Å²) >= 11 is 0. The zero-order chi connectivity index (χ0) is 11.5. The average Bonchev–Trinajstić information content (AvgIpc) is 2.64. The standard InChI is InChI=1S/C14H22N2/c1-11-6-4-5-7-14(11)12(2)15-13-8-9-16(3)10-13/h4-7,12-13,15H,8-10H2,1-3H3/t12-,13?/m1/s1. The molecule has 2 rings (SSSR count). The van der Waals surface area contributed by atoms with Crippen molar-refractivity contribution in [2.75, 3.05) is 20.1 Å². The molecule has 0 radical (unpaired) electrons. The van der Waals surface area contributed by atoms with Crippen LogP contribution in [0.5, 0.6) is 0 Å². The van der Waals surface area contributed by atoms with Crippen molar-refractivity contribution >= 4 is 0 Å². The molecular formula is C14H22N2. The highest BCUT2D eigenvalue weighted by Gasteiger charge is 2.21. The van der Waals surface area contributed by atoms with E-state index < -0.39 is 0 Å². The van der Waals surface area contributed by atoms with E-state index in [4.69, 9.17) is 0 Å². The third-order valence-corrected chi connectivity index (χ3v) is 3.53. The van der Waals surface area contributed by atoms with Crippen molar-refractivity contribution in [3.8, 4) is 0 Å². The molecule has 1 saturated heterocycles. The molecule has 0 saturated carbocycles.